The number of carboxylic acid groups (broad SMARTS) is 1. The third kappa shape index (κ3) is 11.9. The molecule has 220 valence electrons. The number of rotatable bonds is 14. The minimum atomic E-state index is -2.63. The smallest absolute Gasteiger partial charge is 0.303 e. The van der Waals surface area contributed by atoms with Gasteiger partial charge in [0, 0.05) is 36.4 Å². The molecule has 1 aromatic rings. The quantitative estimate of drug-likeness (QED) is 0.181. The Labute approximate surface area is 239 Å². The Morgan fingerprint density at radius 3 is 2.63 bits per heavy atom. The summed E-state index contributed by atoms with van der Waals surface area (Å²) in [5.41, 5.74) is 2.23. The zero-order valence-electron chi connectivity index (χ0n) is 23.5. The van der Waals surface area contributed by atoms with Gasteiger partial charge in [-0.15, -0.1) is 0 Å². The number of nitrogens with zero attached hydrogens (tertiary/aromatic N) is 2. The maximum absolute atomic E-state index is 13.5. The summed E-state index contributed by atoms with van der Waals surface area (Å²) in [6, 6.07) is 4.35. The molecule has 1 heterocycles. The second-order valence-corrected chi connectivity index (χ2v) is 9.60. The fourth-order valence-electron chi connectivity index (χ4n) is 3.95. The molecule has 0 aliphatic heterocycles. The fourth-order valence-corrected chi connectivity index (χ4v) is 3.95. The van der Waals surface area contributed by atoms with Crippen LogP contribution in [0, 0.1) is 0 Å². The van der Waals surface area contributed by atoms with Gasteiger partial charge in [0.15, 0.2) is 0 Å². The number of aromatic nitrogens is 2. The van der Waals surface area contributed by atoms with Crippen molar-refractivity contribution in [2.24, 2.45) is 0 Å². The summed E-state index contributed by atoms with van der Waals surface area (Å²) in [6.07, 6.45) is 11.2. The van der Waals surface area contributed by atoms with E-state index in [0.29, 0.717) is 48.2 Å². The van der Waals surface area contributed by atoms with Crippen LogP contribution in [-0.2, 0) is 11.2 Å². The van der Waals surface area contributed by atoms with E-state index in [2.05, 4.69) is 21.9 Å². The first-order valence-electron chi connectivity index (χ1n) is 13.7. The number of nitrogens with one attached hydrogen (secondary N) is 1. The average Bonchev–Trinajstić information content (AvgIpc) is 2.93. The second kappa shape index (κ2) is 17.6. The van der Waals surface area contributed by atoms with Crippen LogP contribution in [0.25, 0.3) is 5.57 Å². The highest BCUT2D eigenvalue weighted by molar-refractivity contribution is 5.94. The number of carbonyl (C=O) groups excluding carboxylic acids is 1. The summed E-state index contributed by atoms with van der Waals surface area (Å²) in [5.74, 6) is -1.26. The number of alkyl halides is 3. The minimum Gasteiger partial charge on any atom is -0.481 e. The number of hydrogen-bond donors (Lipinski definition) is 2. The van der Waals surface area contributed by atoms with Crippen LogP contribution < -0.4 is 5.32 Å². The Morgan fingerprint density at radius 1 is 1.20 bits per heavy atom. The third-order valence-electron chi connectivity index (χ3n) is 6.27. The van der Waals surface area contributed by atoms with E-state index in [-0.39, 0.29) is 30.4 Å². The number of halogens is 3. The number of aliphatic carboxylic acids is 1. The lowest BCUT2D eigenvalue weighted by molar-refractivity contribution is -0.137. The first-order valence-corrected chi connectivity index (χ1v) is 13.7. The molecule has 2 N–H and O–H groups in total. The van der Waals surface area contributed by atoms with Crippen molar-refractivity contribution >= 4 is 17.4 Å². The number of aryl methyl sites for hydroxylation is 1. The monoisotopic (exact) mass is 569 g/mol. The number of amides is 1. The van der Waals surface area contributed by atoms with Gasteiger partial charge in [-0.3, -0.25) is 19.6 Å². The summed E-state index contributed by atoms with van der Waals surface area (Å²) in [6.45, 7) is 7.73. The molecule has 0 fully saturated rings. The molecule has 1 aliphatic rings. The Bertz CT molecular complexity index is 1250. The molecule has 41 heavy (non-hydrogen) atoms. The van der Waals surface area contributed by atoms with Gasteiger partial charge in [0.25, 0.3) is 12.3 Å². The predicted molar refractivity (Wildman–Crippen MR) is 156 cm³/mol. The third-order valence-corrected chi connectivity index (χ3v) is 6.27. The van der Waals surface area contributed by atoms with Crippen molar-refractivity contribution in [2.45, 2.75) is 77.4 Å². The largest absolute Gasteiger partial charge is 0.481 e. The highest BCUT2D eigenvalue weighted by atomic mass is 19.3. The van der Waals surface area contributed by atoms with E-state index in [9.17, 15) is 22.8 Å². The lowest BCUT2D eigenvalue weighted by atomic mass is 10.0. The molecule has 0 radical (unpaired) electrons. The topological polar surface area (TPSA) is 92.2 Å². The van der Waals surface area contributed by atoms with Gasteiger partial charge in [-0.2, -0.15) is 0 Å². The van der Waals surface area contributed by atoms with Crippen molar-refractivity contribution in [3.05, 3.63) is 102 Å². The van der Waals surface area contributed by atoms with Crippen molar-refractivity contribution in [1.29, 1.82) is 0 Å². The number of allylic oxidation sites excluding steroid dienone is 7. The van der Waals surface area contributed by atoms with E-state index >= 15 is 0 Å². The van der Waals surface area contributed by atoms with E-state index in [1.807, 2.05) is 13.8 Å². The number of carbonyl (C=O) groups is 2. The van der Waals surface area contributed by atoms with Gasteiger partial charge in [0.1, 0.15) is 6.17 Å². The second-order valence-electron chi connectivity index (χ2n) is 9.60. The van der Waals surface area contributed by atoms with Crippen molar-refractivity contribution in [2.75, 3.05) is 0 Å². The number of carboxylic acids is 1. The van der Waals surface area contributed by atoms with Gasteiger partial charge in [0.2, 0.25) is 0 Å². The Hall–Kier alpha value is -4.01. The summed E-state index contributed by atoms with van der Waals surface area (Å²) >= 11 is 0. The lowest BCUT2D eigenvalue weighted by Crippen LogP contribution is -2.34. The average molecular weight is 570 g/mol. The summed E-state index contributed by atoms with van der Waals surface area (Å²) in [7, 11) is 0. The summed E-state index contributed by atoms with van der Waals surface area (Å²) in [4.78, 5) is 32.9. The minimum absolute atomic E-state index is 0.000825. The molecule has 2 rings (SSSR count). The highest BCUT2D eigenvalue weighted by Crippen LogP contribution is 2.20. The molecular formula is C32H38F3N3O3. The molecular weight excluding hydrogens is 531 g/mol. The molecule has 6 nitrogen and oxygen atoms in total. The maximum atomic E-state index is 13.5. The first kappa shape index (κ1) is 33.2. The van der Waals surface area contributed by atoms with Gasteiger partial charge < -0.3 is 10.4 Å². The predicted octanol–water partition coefficient (Wildman–Crippen LogP) is 7.30. The van der Waals surface area contributed by atoms with Crippen LogP contribution in [-0.4, -0.2) is 45.6 Å². The van der Waals surface area contributed by atoms with E-state index in [1.54, 1.807) is 24.3 Å². The van der Waals surface area contributed by atoms with Gasteiger partial charge in [-0.05, 0) is 62.0 Å². The molecule has 1 aromatic heterocycles. The van der Waals surface area contributed by atoms with E-state index in [0.717, 1.165) is 12.0 Å². The summed E-state index contributed by atoms with van der Waals surface area (Å²) in [5, 5.41) is 11.9. The number of unbranched alkanes of at least 4 members (excludes halogenated alkanes) is 2. The van der Waals surface area contributed by atoms with Crippen molar-refractivity contribution in [3.63, 3.8) is 0 Å². The summed E-state index contributed by atoms with van der Waals surface area (Å²) < 4.78 is 40.3. The van der Waals surface area contributed by atoms with Crippen LogP contribution in [0.5, 0.6) is 0 Å². The van der Waals surface area contributed by atoms with Crippen molar-refractivity contribution in [3.8, 4) is 0 Å². The van der Waals surface area contributed by atoms with Crippen molar-refractivity contribution in [1.82, 2.24) is 15.3 Å². The molecule has 0 spiro atoms. The molecule has 2 unspecified atom stereocenters. The zero-order valence-corrected chi connectivity index (χ0v) is 23.5. The molecule has 0 saturated carbocycles. The number of hydrogen-bond acceptors (Lipinski definition) is 4. The molecule has 1 amide bonds. The van der Waals surface area contributed by atoms with Gasteiger partial charge >= 0.3 is 5.97 Å². The molecule has 9 heteroatoms. The molecule has 0 bridgehead atoms. The van der Waals surface area contributed by atoms with Crippen LogP contribution in [0.2, 0.25) is 0 Å². The van der Waals surface area contributed by atoms with Crippen molar-refractivity contribution < 1.29 is 27.9 Å². The standard InChI is InChI=1S/C32H38F3N3O3/c1-4-5-9-25(31(34)35)14-13-22(2)30-28(11-6-7-12-29(39)40)36-21-19-26(10-8-20-37-30)32(41)38-23(3)24-15-17-27(33)18-16-24/h8-10,13-17,19-21,23,27,31H,2,4-7,11-12,18H2,1,3H3,(H,38,41)(H,39,40)/b10-8?,14-13-,20-8?,21-19?,25-9+,26-10?,26-19?,30-28?,36-21?,36-28?,37-20?,37-30?. The van der Waals surface area contributed by atoms with Crippen LogP contribution in [0.3, 0.4) is 0 Å². The van der Waals surface area contributed by atoms with Gasteiger partial charge in [-0.25, -0.2) is 13.2 Å². The van der Waals surface area contributed by atoms with Gasteiger partial charge in [-0.1, -0.05) is 56.4 Å². The maximum Gasteiger partial charge on any atom is 0.303 e. The molecule has 0 saturated heterocycles. The Balaban J connectivity index is 2.37. The SMILES string of the molecule is C=C(/C=C\C(=C/CCC)C(F)F)c1ncccc(C(=O)NC(C)C2=CCC(F)C=C2)ccnc1CCCCC(=O)O. The zero-order chi connectivity index (χ0) is 30.2. The molecule has 2 atom stereocenters. The van der Waals surface area contributed by atoms with E-state index in [1.165, 1.54) is 42.8 Å². The Kier molecular flexibility index (Phi) is 14.3. The van der Waals surface area contributed by atoms with E-state index < -0.39 is 18.6 Å². The van der Waals surface area contributed by atoms with Crippen LogP contribution in [0.15, 0.2) is 84.8 Å². The normalized spacial score (nSPS) is 15.8. The highest BCUT2D eigenvalue weighted by Gasteiger charge is 2.15. The van der Waals surface area contributed by atoms with Gasteiger partial charge in [0.05, 0.1) is 17.4 Å². The fraction of sp³-hybridized carbons (Fsp3) is 0.375. The van der Waals surface area contributed by atoms with Crippen LogP contribution in [0.1, 0.15) is 74.1 Å². The molecule has 0 aromatic carbocycles. The van der Waals surface area contributed by atoms with Crippen LogP contribution in [0.4, 0.5) is 13.2 Å². The van der Waals surface area contributed by atoms with Crippen LogP contribution >= 0.6 is 0 Å². The Morgan fingerprint density at radius 2 is 1.98 bits per heavy atom. The lowest BCUT2D eigenvalue weighted by Gasteiger charge is -2.18. The first-order chi connectivity index (χ1) is 19.6. The van der Waals surface area contributed by atoms with E-state index in [4.69, 9.17) is 5.11 Å². The molecule has 1 aliphatic carbocycles.